The number of hydrogen-bond donors (Lipinski definition) is 1. The molecule has 0 aromatic carbocycles. The van der Waals surface area contributed by atoms with E-state index in [-0.39, 0.29) is 0 Å². The van der Waals surface area contributed by atoms with Gasteiger partial charge in [0.25, 0.3) is 0 Å². The zero-order valence-electron chi connectivity index (χ0n) is 10.0. The Balaban J connectivity index is 1.79. The lowest BCUT2D eigenvalue weighted by Crippen LogP contribution is -2.24. The Hall–Kier alpha value is -0.610. The molecule has 0 saturated carbocycles. The lowest BCUT2D eigenvalue weighted by molar-refractivity contribution is 0.0595. The lowest BCUT2D eigenvalue weighted by atomic mass is 10.0. The lowest BCUT2D eigenvalue weighted by Gasteiger charge is -2.21. The van der Waals surface area contributed by atoms with Crippen LogP contribution >= 0.6 is 11.3 Å². The number of nitrogens with one attached hydrogen (secondary N) is 1. The van der Waals surface area contributed by atoms with Crippen LogP contribution in [0, 0.1) is 5.92 Å². The van der Waals surface area contributed by atoms with Crippen molar-refractivity contribution in [1.29, 1.82) is 0 Å². The van der Waals surface area contributed by atoms with E-state index in [1.165, 1.54) is 17.7 Å². The molecule has 0 radical (unpaired) electrons. The summed E-state index contributed by atoms with van der Waals surface area (Å²) in [5.41, 5.74) is 0. The van der Waals surface area contributed by atoms with Crippen LogP contribution in [0.3, 0.4) is 0 Å². The van der Waals surface area contributed by atoms with Crippen molar-refractivity contribution >= 4 is 16.5 Å². The standard InChI is InChI=1S/C12H20N2OS/c1-9(2)11-7-14-12(16-11)13-6-10-4-3-5-15-8-10/h7,9-10H,3-6,8H2,1-2H3,(H,13,14). The Labute approximate surface area is 101 Å². The van der Waals surface area contributed by atoms with Crippen LogP contribution in [0.4, 0.5) is 5.13 Å². The van der Waals surface area contributed by atoms with E-state index in [0.717, 1.165) is 24.9 Å². The molecule has 0 bridgehead atoms. The minimum Gasteiger partial charge on any atom is -0.381 e. The summed E-state index contributed by atoms with van der Waals surface area (Å²) in [5.74, 6) is 1.23. The fourth-order valence-corrected chi connectivity index (χ4v) is 2.66. The maximum Gasteiger partial charge on any atom is 0.182 e. The fourth-order valence-electron chi connectivity index (χ4n) is 1.84. The van der Waals surface area contributed by atoms with Gasteiger partial charge in [0.2, 0.25) is 0 Å². The number of nitrogens with zero attached hydrogens (tertiary/aromatic N) is 1. The molecule has 2 heterocycles. The molecule has 1 fully saturated rings. The molecule has 1 aromatic rings. The largest absolute Gasteiger partial charge is 0.381 e. The number of ether oxygens (including phenoxy) is 1. The van der Waals surface area contributed by atoms with E-state index in [9.17, 15) is 0 Å². The number of rotatable bonds is 4. The van der Waals surface area contributed by atoms with Crippen LogP contribution in [0.1, 0.15) is 37.5 Å². The van der Waals surface area contributed by atoms with Crippen LogP contribution in [0.5, 0.6) is 0 Å². The van der Waals surface area contributed by atoms with Crippen molar-refractivity contribution in [1.82, 2.24) is 4.98 Å². The maximum absolute atomic E-state index is 5.46. The predicted molar refractivity (Wildman–Crippen MR) is 68.2 cm³/mol. The fraction of sp³-hybridized carbons (Fsp3) is 0.750. The Bertz CT molecular complexity index is 319. The van der Waals surface area contributed by atoms with E-state index in [0.29, 0.717) is 11.8 Å². The van der Waals surface area contributed by atoms with Crippen molar-refractivity contribution in [3.05, 3.63) is 11.1 Å². The zero-order valence-corrected chi connectivity index (χ0v) is 10.8. The minimum atomic E-state index is 0.575. The average Bonchev–Trinajstić information content (AvgIpc) is 2.76. The van der Waals surface area contributed by atoms with Gasteiger partial charge >= 0.3 is 0 Å². The van der Waals surface area contributed by atoms with Gasteiger partial charge in [-0.1, -0.05) is 13.8 Å². The predicted octanol–water partition coefficient (Wildman–Crippen LogP) is 3.11. The molecule has 16 heavy (non-hydrogen) atoms. The molecule has 0 spiro atoms. The highest BCUT2D eigenvalue weighted by molar-refractivity contribution is 7.15. The van der Waals surface area contributed by atoms with Gasteiger partial charge in [0.05, 0.1) is 6.61 Å². The number of aromatic nitrogens is 1. The molecule has 2 rings (SSSR count). The van der Waals surface area contributed by atoms with E-state index >= 15 is 0 Å². The number of thiazole rings is 1. The van der Waals surface area contributed by atoms with Gasteiger partial charge in [0.15, 0.2) is 5.13 Å². The van der Waals surface area contributed by atoms with Gasteiger partial charge in [-0.05, 0) is 24.7 Å². The zero-order chi connectivity index (χ0) is 11.4. The Kier molecular flexibility index (Phi) is 4.18. The summed E-state index contributed by atoms with van der Waals surface area (Å²) in [4.78, 5) is 5.74. The van der Waals surface area contributed by atoms with Gasteiger partial charge in [-0.15, -0.1) is 11.3 Å². The Morgan fingerprint density at radius 1 is 1.62 bits per heavy atom. The molecule has 1 aliphatic rings. The van der Waals surface area contributed by atoms with Crippen molar-refractivity contribution < 1.29 is 4.74 Å². The summed E-state index contributed by atoms with van der Waals surface area (Å²) in [6.45, 7) is 7.23. The highest BCUT2D eigenvalue weighted by Gasteiger charge is 2.14. The van der Waals surface area contributed by atoms with Gasteiger partial charge in [-0.3, -0.25) is 0 Å². The molecule has 0 aliphatic carbocycles. The van der Waals surface area contributed by atoms with Gasteiger partial charge in [-0.2, -0.15) is 0 Å². The van der Waals surface area contributed by atoms with Crippen molar-refractivity contribution in [3.63, 3.8) is 0 Å². The van der Waals surface area contributed by atoms with Gasteiger partial charge < -0.3 is 10.1 Å². The molecule has 90 valence electrons. The van der Waals surface area contributed by atoms with Crippen molar-refractivity contribution in [2.24, 2.45) is 5.92 Å². The molecular formula is C12H20N2OS. The van der Waals surface area contributed by atoms with E-state index in [1.54, 1.807) is 11.3 Å². The second-order valence-electron chi connectivity index (χ2n) is 4.69. The molecule has 1 saturated heterocycles. The van der Waals surface area contributed by atoms with Crippen molar-refractivity contribution in [2.75, 3.05) is 25.1 Å². The third-order valence-electron chi connectivity index (χ3n) is 2.89. The summed E-state index contributed by atoms with van der Waals surface area (Å²) in [5, 5.41) is 4.47. The quantitative estimate of drug-likeness (QED) is 0.878. The number of anilines is 1. The first-order chi connectivity index (χ1) is 7.75. The van der Waals surface area contributed by atoms with Crippen LogP contribution in [0.15, 0.2) is 6.20 Å². The Morgan fingerprint density at radius 3 is 3.12 bits per heavy atom. The molecule has 1 aromatic heterocycles. The van der Waals surface area contributed by atoms with Crippen LogP contribution in [0.2, 0.25) is 0 Å². The molecular weight excluding hydrogens is 220 g/mol. The Morgan fingerprint density at radius 2 is 2.50 bits per heavy atom. The second-order valence-corrected chi connectivity index (χ2v) is 5.75. The van der Waals surface area contributed by atoms with E-state index in [4.69, 9.17) is 4.74 Å². The minimum absolute atomic E-state index is 0.575. The summed E-state index contributed by atoms with van der Waals surface area (Å²) in [6.07, 6.45) is 4.45. The van der Waals surface area contributed by atoms with Crippen molar-refractivity contribution in [2.45, 2.75) is 32.6 Å². The summed E-state index contributed by atoms with van der Waals surface area (Å²) in [6, 6.07) is 0. The summed E-state index contributed by atoms with van der Waals surface area (Å²) >= 11 is 1.77. The van der Waals surface area contributed by atoms with Crippen LogP contribution in [0.25, 0.3) is 0 Å². The van der Waals surface area contributed by atoms with E-state index < -0.39 is 0 Å². The highest BCUT2D eigenvalue weighted by atomic mass is 32.1. The maximum atomic E-state index is 5.46. The first kappa shape index (κ1) is 11.9. The molecule has 1 unspecified atom stereocenters. The van der Waals surface area contributed by atoms with Crippen molar-refractivity contribution in [3.8, 4) is 0 Å². The van der Waals surface area contributed by atoms with Crippen LogP contribution in [-0.2, 0) is 4.74 Å². The third-order valence-corrected chi connectivity index (χ3v) is 4.14. The topological polar surface area (TPSA) is 34.2 Å². The summed E-state index contributed by atoms with van der Waals surface area (Å²) in [7, 11) is 0. The van der Waals surface area contributed by atoms with Gasteiger partial charge in [-0.25, -0.2) is 4.98 Å². The third kappa shape index (κ3) is 3.19. The first-order valence-electron chi connectivity index (χ1n) is 6.03. The van der Waals surface area contributed by atoms with Gasteiger partial charge in [0.1, 0.15) is 0 Å². The molecule has 3 nitrogen and oxygen atoms in total. The van der Waals surface area contributed by atoms with E-state index in [2.05, 4.69) is 24.1 Å². The first-order valence-corrected chi connectivity index (χ1v) is 6.84. The second kappa shape index (κ2) is 5.64. The van der Waals surface area contributed by atoms with Gasteiger partial charge in [0, 0.05) is 24.2 Å². The molecule has 0 amide bonds. The average molecular weight is 240 g/mol. The monoisotopic (exact) mass is 240 g/mol. The SMILES string of the molecule is CC(C)c1cnc(NCC2CCCOC2)s1. The van der Waals surface area contributed by atoms with E-state index in [1.807, 2.05) is 6.20 Å². The summed E-state index contributed by atoms with van der Waals surface area (Å²) < 4.78 is 5.46. The molecule has 1 atom stereocenters. The highest BCUT2D eigenvalue weighted by Crippen LogP contribution is 2.25. The number of hydrogen-bond acceptors (Lipinski definition) is 4. The smallest absolute Gasteiger partial charge is 0.182 e. The normalized spacial score (nSPS) is 21.3. The molecule has 1 aliphatic heterocycles. The van der Waals surface area contributed by atoms with Crippen LogP contribution in [-0.4, -0.2) is 24.7 Å². The molecule has 1 N–H and O–H groups in total. The van der Waals surface area contributed by atoms with Crippen LogP contribution < -0.4 is 5.32 Å². The molecule has 4 heteroatoms.